The van der Waals surface area contributed by atoms with Gasteiger partial charge < -0.3 is 10.3 Å². The van der Waals surface area contributed by atoms with Gasteiger partial charge in [0.1, 0.15) is 5.52 Å². The van der Waals surface area contributed by atoms with E-state index in [-0.39, 0.29) is 0 Å². The maximum atomic E-state index is 6.07. The van der Waals surface area contributed by atoms with Gasteiger partial charge in [0.05, 0.1) is 10.5 Å². The van der Waals surface area contributed by atoms with Gasteiger partial charge in [0.2, 0.25) is 5.95 Å². The Balaban J connectivity index is 2.36. The topological polar surface area (TPSA) is 43.8 Å². The van der Waals surface area contributed by atoms with Gasteiger partial charge in [0.25, 0.3) is 0 Å². The number of benzene rings is 1. The Hall–Kier alpha value is -0.870. The summed E-state index contributed by atoms with van der Waals surface area (Å²) in [4.78, 5) is 4.29. The zero-order valence-electron chi connectivity index (χ0n) is 9.11. The molecule has 3 nitrogen and oxygen atoms in total. The molecule has 0 fully saturated rings. The summed E-state index contributed by atoms with van der Waals surface area (Å²) in [5.74, 6) is 1.67. The number of imidazole rings is 1. The number of nitrogen functional groups attached to an aromatic ring is 1. The minimum absolute atomic E-state index is 0.546. The fourth-order valence-corrected chi connectivity index (χ4v) is 2.36. The number of anilines is 1. The van der Waals surface area contributed by atoms with Gasteiger partial charge in [-0.25, -0.2) is 4.98 Å². The number of rotatable bonds is 4. The molecule has 0 unspecified atom stereocenters. The van der Waals surface area contributed by atoms with Crippen molar-refractivity contribution in [2.45, 2.75) is 13.0 Å². The molecule has 1 aromatic carbocycles. The molecule has 2 aromatic rings. The van der Waals surface area contributed by atoms with Crippen molar-refractivity contribution in [2.24, 2.45) is 0 Å². The van der Waals surface area contributed by atoms with Gasteiger partial charge in [-0.15, -0.1) is 0 Å². The lowest BCUT2D eigenvalue weighted by atomic mass is 10.3. The van der Waals surface area contributed by atoms with Crippen LogP contribution in [-0.2, 0) is 6.54 Å². The zero-order valence-corrected chi connectivity index (χ0v) is 10.7. The van der Waals surface area contributed by atoms with Crippen molar-refractivity contribution >= 4 is 40.3 Å². The first-order valence-electron chi connectivity index (χ1n) is 5.13. The van der Waals surface area contributed by atoms with Crippen molar-refractivity contribution in [2.75, 3.05) is 17.7 Å². The van der Waals surface area contributed by atoms with E-state index < -0.39 is 0 Å². The van der Waals surface area contributed by atoms with Crippen LogP contribution in [-0.4, -0.2) is 21.6 Å². The van der Waals surface area contributed by atoms with Crippen LogP contribution in [0.25, 0.3) is 11.0 Å². The van der Waals surface area contributed by atoms with Gasteiger partial charge in [-0.2, -0.15) is 11.8 Å². The van der Waals surface area contributed by atoms with Crippen LogP contribution in [0.1, 0.15) is 6.42 Å². The third-order valence-electron chi connectivity index (χ3n) is 2.49. The van der Waals surface area contributed by atoms with Gasteiger partial charge in [-0.3, -0.25) is 0 Å². The van der Waals surface area contributed by atoms with E-state index in [1.807, 2.05) is 34.5 Å². The number of nitrogens with two attached hydrogens (primary N) is 1. The molecule has 16 heavy (non-hydrogen) atoms. The second kappa shape index (κ2) is 4.97. The van der Waals surface area contributed by atoms with E-state index in [1.54, 1.807) is 0 Å². The smallest absolute Gasteiger partial charge is 0.201 e. The molecule has 2 rings (SSSR count). The van der Waals surface area contributed by atoms with E-state index in [4.69, 9.17) is 17.3 Å². The van der Waals surface area contributed by atoms with Crippen molar-refractivity contribution < 1.29 is 0 Å². The molecule has 0 radical (unpaired) electrons. The number of aromatic nitrogens is 2. The fraction of sp³-hybridized carbons (Fsp3) is 0.364. The molecule has 86 valence electrons. The maximum Gasteiger partial charge on any atom is 0.201 e. The molecular weight excluding hydrogens is 242 g/mol. The Labute approximate surface area is 104 Å². The Bertz CT molecular complexity index is 495. The van der Waals surface area contributed by atoms with Crippen LogP contribution in [0.3, 0.4) is 0 Å². The zero-order chi connectivity index (χ0) is 11.5. The molecule has 5 heteroatoms. The van der Waals surface area contributed by atoms with Crippen molar-refractivity contribution in [3.63, 3.8) is 0 Å². The molecule has 0 atom stereocenters. The second-order valence-corrected chi connectivity index (χ2v) is 4.97. The predicted octanol–water partition coefficient (Wildman–Crippen LogP) is 3.03. The summed E-state index contributed by atoms with van der Waals surface area (Å²) in [6.07, 6.45) is 3.19. The quantitative estimate of drug-likeness (QED) is 0.854. The first-order valence-corrected chi connectivity index (χ1v) is 6.90. The van der Waals surface area contributed by atoms with Crippen molar-refractivity contribution in [1.29, 1.82) is 0 Å². The Morgan fingerprint density at radius 1 is 1.50 bits per heavy atom. The van der Waals surface area contributed by atoms with Crippen molar-refractivity contribution in [1.82, 2.24) is 9.55 Å². The lowest BCUT2D eigenvalue weighted by Crippen LogP contribution is -2.04. The lowest BCUT2D eigenvalue weighted by molar-refractivity contribution is 0.712. The van der Waals surface area contributed by atoms with Crippen LogP contribution in [0.2, 0.25) is 5.02 Å². The summed E-state index contributed by atoms with van der Waals surface area (Å²) in [6, 6.07) is 5.77. The van der Waals surface area contributed by atoms with Crippen molar-refractivity contribution in [3.05, 3.63) is 23.2 Å². The first kappa shape index (κ1) is 11.6. The lowest BCUT2D eigenvalue weighted by Gasteiger charge is -2.05. The number of fused-ring (bicyclic) bond motifs is 1. The summed E-state index contributed by atoms with van der Waals surface area (Å²) in [5, 5.41) is 0.660. The molecule has 0 saturated heterocycles. The highest BCUT2D eigenvalue weighted by molar-refractivity contribution is 7.98. The normalized spacial score (nSPS) is 11.1. The number of hydrogen-bond donors (Lipinski definition) is 1. The number of thioether (sulfide) groups is 1. The fourth-order valence-electron chi connectivity index (χ4n) is 1.73. The van der Waals surface area contributed by atoms with Crippen LogP contribution in [0.4, 0.5) is 5.95 Å². The van der Waals surface area contributed by atoms with E-state index in [0.29, 0.717) is 11.0 Å². The molecule has 2 N–H and O–H groups in total. The molecular formula is C11H14ClN3S. The SMILES string of the molecule is CSCCCn1c(N)nc2c(Cl)cccc21. The van der Waals surface area contributed by atoms with E-state index in [9.17, 15) is 0 Å². The molecule has 0 aliphatic carbocycles. The summed E-state index contributed by atoms with van der Waals surface area (Å²) in [5.41, 5.74) is 7.71. The highest BCUT2D eigenvalue weighted by Crippen LogP contribution is 2.25. The molecule has 1 heterocycles. The van der Waals surface area contributed by atoms with Crippen LogP contribution in [0.15, 0.2) is 18.2 Å². The predicted molar refractivity (Wildman–Crippen MR) is 72.2 cm³/mol. The third kappa shape index (κ3) is 2.13. The largest absolute Gasteiger partial charge is 0.369 e. The van der Waals surface area contributed by atoms with E-state index in [1.165, 1.54) is 0 Å². The molecule has 0 spiro atoms. The first-order chi connectivity index (χ1) is 7.74. The van der Waals surface area contributed by atoms with Crippen LogP contribution < -0.4 is 5.73 Å². The maximum absolute atomic E-state index is 6.07. The van der Waals surface area contributed by atoms with E-state index in [0.717, 1.165) is 29.8 Å². The monoisotopic (exact) mass is 255 g/mol. The average molecular weight is 256 g/mol. The standard InChI is InChI=1S/C11H14ClN3S/c1-16-7-3-6-15-9-5-2-4-8(12)10(9)14-11(15)13/h2,4-5H,3,6-7H2,1H3,(H2,13,14). The number of nitrogens with zero attached hydrogens (tertiary/aromatic N) is 2. The summed E-state index contributed by atoms with van der Waals surface area (Å²) in [7, 11) is 0. The minimum atomic E-state index is 0.546. The Kier molecular flexibility index (Phi) is 3.61. The molecule has 0 aliphatic heterocycles. The second-order valence-electron chi connectivity index (χ2n) is 3.58. The highest BCUT2D eigenvalue weighted by atomic mass is 35.5. The van der Waals surface area contributed by atoms with Gasteiger partial charge >= 0.3 is 0 Å². The van der Waals surface area contributed by atoms with Crippen LogP contribution in [0.5, 0.6) is 0 Å². The van der Waals surface area contributed by atoms with Crippen LogP contribution in [0, 0.1) is 0 Å². The van der Waals surface area contributed by atoms with E-state index in [2.05, 4.69) is 11.2 Å². The highest BCUT2D eigenvalue weighted by Gasteiger charge is 2.09. The minimum Gasteiger partial charge on any atom is -0.369 e. The number of halogens is 1. The Morgan fingerprint density at radius 2 is 2.31 bits per heavy atom. The summed E-state index contributed by atoms with van der Waals surface area (Å²) >= 11 is 7.91. The Morgan fingerprint density at radius 3 is 3.06 bits per heavy atom. The molecule has 0 amide bonds. The summed E-state index contributed by atoms with van der Waals surface area (Å²) < 4.78 is 2.03. The van der Waals surface area contributed by atoms with Gasteiger partial charge in [-0.1, -0.05) is 17.7 Å². The number of aryl methyl sites for hydroxylation is 1. The van der Waals surface area contributed by atoms with Crippen LogP contribution >= 0.6 is 23.4 Å². The molecule has 0 bridgehead atoms. The molecule has 0 aliphatic rings. The van der Waals surface area contributed by atoms with Crippen molar-refractivity contribution in [3.8, 4) is 0 Å². The van der Waals surface area contributed by atoms with Gasteiger partial charge in [-0.05, 0) is 30.6 Å². The molecule has 1 aromatic heterocycles. The number of para-hydroxylation sites is 1. The average Bonchev–Trinajstić information content (AvgIpc) is 2.58. The molecule has 0 saturated carbocycles. The number of hydrogen-bond acceptors (Lipinski definition) is 3. The van der Waals surface area contributed by atoms with Gasteiger partial charge in [0.15, 0.2) is 0 Å². The third-order valence-corrected chi connectivity index (χ3v) is 3.49. The van der Waals surface area contributed by atoms with E-state index >= 15 is 0 Å². The van der Waals surface area contributed by atoms with Gasteiger partial charge in [0, 0.05) is 6.54 Å². The summed E-state index contributed by atoms with van der Waals surface area (Å²) in [6.45, 7) is 0.892.